The molecule has 14 nitrogen and oxygen atoms in total. The number of hydrogen-bond acceptors (Lipinski definition) is 14. The molecule has 2 atom stereocenters. The number of aromatic hydroxyl groups is 1. The van der Waals surface area contributed by atoms with Crippen LogP contribution < -0.4 is 24.8 Å². The normalized spacial score (nSPS) is 15.1. The van der Waals surface area contributed by atoms with Gasteiger partial charge in [-0.2, -0.15) is 0 Å². The Kier molecular flexibility index (Phi) is 12.5. The summed E-state index contributed by atoms with van der Waals surface area (Å²) in [6.07, 6.45) is 0. The molecule has 8 rings (SSSR count). The maximum Gasteiger partial charge on any atom is 0.232 e. The number of nitrogens with one attached hydrogen (secondary N) is 2. The summed E-state index contributed by atoms with van der Waals surface area (Å²) >= 11 is 2.69. The zero-order valence-electron chi connectivity index (χ0n) is 34.3. The lowest BCUT2D eigenvalue weighted by atomic mass is 9.69. The highest BCUT2D eigenvalue weighted by atomic mass is 32.1. The molecule has 0 saturated heterocycles. The summed E-state index contributed by atoms with van der Waals surface area (Å²) < 4.78 is 28.2. The molecule has 60 heavy (non-hydrogen) atoms. The van der Waals surface area contributed by atoms with Crippen molar-refractivity contribution < 1.29 is 38.4 Å². The van der Waals surface area contributed by atoms with Crippen molar-refractivity contribution in [1.82, 2.24) is 20.4 Å². The van der Waals surface area contributed by atoms with E-state index in [0.717, 1.165) is 38.0 Å². The minimum absolute atomic E-state index is 0.108. The van der Waals surface area contributed by atoms with Crippen molar-refractivity contribution in [3.63, 3.8) is 0 Å². The first-order chi connectivity index (χ1) is 28.8. The molecule has 2 aromatic heterocycles. The molecule has 2 aliphatic rings. The molecule has 16 heteroatoms. The van der Waals surface area contributed by atoms with Crippen LogP contribution in [0.2, 0.25) is 0 Å². The van der Waals surface area contributed by atoms with Gasteiger partial charge in [-0.25, -0.2) is 0 Å². The fourth-order valence-electron chi connectivity index (χ4n) is 7.32. The third-order valence-corrected chi connectivity index (χ3v) is 11.9. The minimum Gasteiger partial charge on any atom is -0.508 e. The first-order valence-electron chi connectivity index (χ1n) is 19.2. The first kappa shape index (κ1) is 42.2. The Bertz CT molecular complexity index is 2500. The molecule has 0 saturated carbocycles. The van der Waals surface area contributed by atoms with Crippen LogP contribution in [0.25, 0.3) is 0 Å². The number of amides is 2. The second-order valence-electron chi connectivity index (χ2n) is 15.3. The van der Waals surface area contributed by atoms with Gasteiger partial charge >= 0.3 is 0 Å². The molecule has 2 unspecified atom stereocenters. The van der Waals surface area contributed by atoms with Crippen molar-refractivity contribution in [1.29, 1.82) is 0 Å². The van der Waals surface area contributed by atoms with Gasteiger partial charge in [-0.1, -0.05) is 98.9 Å². The highest BCUT2D eigenvalue weighted by Crippen LogP contribution is 2.54. The zero-order valence-corrected chi connectivity index (χ0v) is 35.9. The number of phenolic OH excluding ortho intramolecular Hbond substituents is 1. The van der Waals surface area contributed by atoms with Crippen molar-refractivity contribution in [2.45, 2.75) is 53.4 Å². The van der Waals surface area contributed by atoms with Gasteiger partial charge < -0.3 is 39.4 Å². The number of methoxy groups -OCH3 is 1. The van der Waals surface area contributed by atoms with E-state index >= 15 is 0 Å². The van der Waals surface area contributed by atoms with Crippen LogP contribution >= 0.6 is 22.7 Å². The minimum atomic E-state index is -0.806. The standard InChI is InChI=1S/C24H27N3O5S.C20H19N3O3S/c1-15-26-27-23(33-15)25-22(28)24(2,3)21-17-7-5-6-8-19(17)32-20-13-16(9-10-18(20)21)31-14-30-12-11-29-4;1-11-22-23-19(27-11)21-18(25)20(2,3)17-13-6-4-5-7-15(13)26-16-10-12(24)8-9-14(16)17/h5-10,13,21H,11-12,14H2,1-4H3,(H,25,27,28);4-10,17,24H,1-3H3,(H,21,23,25). The van der Waals surface area contributed by atoms with Crippen molar-refractivity contribution >= 4 is 44.8 Å². The van der Waals surface area contributed by atoms with Gasteiger partial charge in [-0.3, -0.25) is 9.59 Å². The van der Waals surface area contributed by atoms with Gasteiger partial charge in [0.25, 0.3) is 0 Å². The van der Waals surface area contributed by atoms with Crippen molar-refractivity contribution in [2.75, 3.05) is 37.8 Å². The molecule has 0 bridgehead atoms. The van der Waals surface area contributed by atoms with Gasteiger partial charge in [0, 0.05) is 53.3 Å². The molecule has 2 amide bonds. The number of fused-ring (bicyclic) bond motifs is 4. The average Bonchev–Trinajstić information content (AvgIpc) is 3.84. The number of para-hydroxylation sites is 2. The monoisotopic (exact) mass is 850 g/mol. The van der Waals surface area contributed by atoms with Gasteiger partial charge in [0.05, 0.1) is 24.0 Å². The lowest BCUT2D eigenvalue weighted by Gasteiger charge is -2.38. The van der Waals surface area contributed by atoms with Gasteiger partial charge in [-0.05, 0) is 38.1 Å². The highest BCUT2D eigenvalue weighted by Gasteiger charge is 2.45. The maximum atomic E-state index is 13.4. The first-order valence-corrected chi connectivity index (χ1v) is 20.8. The van der Waals surface area contributed by atoms with Gasteiger partial charge in [0.15, 0.2) is 6.79 Å². The van der Waals surface area contributed by atoms with E-state index in [-0.39, 0.29) is 36.2 Å². The SMILES string of the molecule is COCCOCOc1ccc2c(c1)Oc1ccccc1C2C(C)(C)C(=O)Nc1nnc(C)s1.Cc1nnc(NC(=O)C(C)(C)C2c3ccccc3Oc3cc(O)ccc32)s1. The van der Waals surface area contributed by atoms with E-state index in [0.29, 0.717) is 46.5 Å². The molecule has 4 heterocycles. The second kappa shape index (κ2) is 17.7. The number of carbonyl (C=O) groups excluding carboxylic acids is 2. The third-order valence-electron chi connectivity index (χ3n) is 10.4. The fourth-order valence-corrected chi connectivity index (χ4v) is 8.49. The summed E-state index contributed by atoms with van der Waals surface area (Å²) in [5.41, 5.74) is 2.06. The quantitative estimate of drug-likeness (QED) is 0.0787. The largest absolute Gasteiger partial charge is 0.508 e. The Balaban J connectivity index is 0.000000185. The molecule has 0 aliphatic carbocycles. The number of carbonyl (C=O) groups is 2. The molecular weight excluding hydrogens is 805 g/mol. The lowest BCUT2D eigenvalue weighted by Crippen LogP contribution is -2.38. The predicted octanol–water partition coefficient (Wildman–Crippen LogP) is 9.20. The topological polar surface area (TPSA) is 176 Å². The summed E-state index contributed by atoms with van der Waals surface area (Å²) in [7, 11) is 1.62. The Morgan fingerprint density at radius 2 is 1.15 bits per heavy atom. The molecule has 6 aromatic rings. The molecule has 0 spiro atoms. The Morgan fingerprint density at radius 1 is 0.667 bits per heavy atom. The van der Waals surface area contributed by atoms with Gasteiger partial charge in [0.1, 0.15) is 44.5 Å². The molecule has 312 valence electrons. The van der Waals surface area contributed by atoms with Crippen LogP contribution in [0.3, 0.4) is 0 Å². The fraction of sp³-hybridized carbons (Fsp3) is 0.318. The lowest BCUT2D eigenvalue weighted by molar-refractivity contribution is -0.125. The summed E-state index contributed by atoms with van der Waals surface area (Å²) in [4.78, 5) is 26.6. The smallest absolute Gasteiger partial charge is 0.232 e. The molecule has 2 aliphatic heterocycles. The summed E-state index contributed by atoms with van der Waals surface area (Å²) in [6, 6.07) is 26.1. The molecule has 4 aromatic carbocycles. The number of ether oxygens (including phenoxy) is 5. The van der Waals surface area contributed by atoms with E-state index in [2.05, 4.69) is 31.0 Å². The third kappa shape index (κ3) is 8.96. The number of anilines is 2. The van der Waals surface area contributed by atoms with E-state index < -0.39 is 10.8 Å². The average molecular weight is 851 g/mol. The number of rotatable bonds is 12. The molecule has 3 N–H and O–H groups in total. The van der Waals surface area contributed by atoms with Gasteiger partial charge in [0.2, 0.25) is 22.1 Å². The highest BCUT2D eigenvalue weighted by molar-refractivity contribution is 7.15. The number of aryl methyl sites for hydroxylation is 2. The molecular formula is C44H46N6O8S2. The summed E-state index contributed by atoms with van der Waals surface area (Å²) in [5.74, 6) is 2.59. The van der Waals surface area contributed by atoms with Crippen molar-refractivity contribution in [2.24, 2.45) is 10.8 Å². The van der Waals surface area contributed by atoms with E-state index in [9.17, 15) is 14.7 Å². The van der Waals surface area contributed by atoms with Crippen LogP contribution in [0.5, 0.6) is 34.5 Å². The number of hydrogen-bond donors (Lipinski definition) is 3. The van der Waals surface area contributed by atoms with Crippen LogP contribution in [-0.4, -0.2) is 64.4 Å². The number of phenols is 1. The zero-order chi connectivity index (χ0) is 42.6. The number of nitrogens with zero attached hydrogens (tertiary/aromatic N) is 4. The van der Waals surface area contributed by atoms with E-state index in [4.69, 9.17) is 23.7 Å². The van der Waals surface area contributed by atoms with E-state index in [1.807, 2.05) is 114 Å². The van der Waals surface area contributed by atoms with Crippen LogP contribution in [0, 0.1) is 24.7 Å². The van der Waals surface area contributed by atoms with Gasteiger partial charge in [-0.15, -0.1) is 20.4 Å². The van der Waals surface area contributed by atoms with Crippen molar-refractivity contribution in [3.8, 4) is 34.5 Å². The second-order valence-corrected chi connectivity index (χ2v) is 17.7. The van der Waals surface area contributed by atoms with E-state index in [1.165, 1.54) is 22.7 Å². The summed E-state index contributed by atoms with van der Waals surface area (Å²) in [5, 5.41) is 34.2. The summed E-state index contributed by atoms with van der Waals surface area (Å²) in [6.45, 7) is 12.4. The van der Waals surface area contributed by atoms with Crippen LogP contribution in [0.15, 0.2) is 84.9 Å². The van der Waals surface area contributed by atoms with E-state index in [1.54, 1.807) is 19.2 Å². The maximum absolute atomic E-state index is 13.4. The van der Waals surface area contributed by atoms with Crippen molar-refractivity contribution in [3.05, 3.63) is 117 Å². The molecule has 0 radical (unpaired) electrons. The van der Waals surface area contributed by atoms with Crippen LogP contribution in [0.1, 0.15) is 71.8 Å². The Morgan fingerprint density at radius 3 is 1.65 bits per heavy atom. The van der Waals surface area contributed by atoms with Crippen LogP contribution in [0.4, 0.5) is 10.3 Å². The molecule has 0 fully saturated rings. The van der Waals surface area contributed by atoms with Crippen LogP contribution in [-0.2, 0) is 19.1 Å². The predicted molar refractivity (Wildman–Crippen MR) is 229 cm³/mol. The Labute approximate surface area is 355 Å². The number of benzene rings is 4. The number of aromatic nitrogens is 4. The Hall–Kier alpha value is -5.94.